The van der Waals surface area contributed by atoms with Gasteiger partial charge in [-0.1, -0.05) is 26.2 Å². The first-order valence-electron chi connectivity index (χ1n) is 7.02. The van der Waals surface area contributed by atoms with Crippen molar-refractivity contribution in [3.05, 3.63) is 21.4 Å². The Hall–Kier alpha value is -0.340. The SMILES string of the molecule is CCNC(c1cc(C)sc1C)C1CCCCC1. The highest BCUT2D eigenvalue weighted by Crippen LogP contribution is 2.37. The van der Waals surface area contributed by atoms with Gasteiger partial charge in [-0.2, -0.15) is 0 Å². The summed E-state index contributed by atoms with van der Waals surface area (Å²) in [5, 5.41) is 3.73. The summed E-state index contributed by atoms with van der Waals surface area (Å²) in [6.45, 7) is 7.81. The van der Waals surface area contributed by atoms with Crippen molar-refractivity contribution < 1.29 is 0 Å². The van der Waals surface area contributed by atoms with Gasteiger partial charge in [0, 0.05) is 15.8 Å². The number of thiophene rings is 1. The van der Waals surface area contributed by atoms with Crippen LogP contribution in [0.4, 0.5) is 0 Å². The maximum atomic E-state index is 3.73. The van der Waals surface area contributed by atoms with E-state index in [0.717, 1.165) is 12.5 Å². The molecule has 1 saturated carbocycles. The topological polar surface area (TPSA) is 12.0 Å². The Morgan fingerprint density at radius 2 is 2.00 bits per heavy atom. The molecule has 0 saturated heterocycles. The Bertz CT molecular complexity index is 350. The average molecular weight is 251 g/mol. The maximum absolute atomic E-state index is 3.73. The van der Waals surface area contributed by atoms with E-state index in [2.05, 4.69) is 32.2 Å². The first-order chi connectivity index (χ1) is 8.22. The van der Waals surface area contributed by atoms with Gasteiger partial charge >= 0.3 is 0 Å². The molecule has 1 aliphatic rings. The lowest BCUT2D eigenvalue weighted by atomic mass is 9.81. The van der Waals surface area contributed by atoms with Gasteiger partial charge < -0.3 is 5.32 Å². The van der Waals surface area contributed by atoms with Crippen molar-refractivity contribution in [1.29, 1.82) is 0 Å². The first-order valence-corrected chi connectivity index (χ1v) is 7.84. The summed E-state index contributed by atoms with van der Waals surface area (Å²) in [7, 11) is 0. The molecule has 1 aromatic heterocycles. The molecule has 0 aliphatic heterocycles. The van der Waals surface area contributed by atoms with Crippen molar-refractivity contribution in [2.45, 2.75) is 58.9 Å². The zero-order chi connectivity index (χ0) is 12.3. The molecule has 1 N–H and O–H groups in total. The molecule has 0 amide bonds. The molecule has 0 aromatic carbocycles. The third-order valence-corrected chi connectivity index (χ3v) is 4.94. The highest BCUT2D eigenvalue weighted by Gasteiger charge is 2.26. The Balaban J connectivity index is 2.18. The minimum Gasteiger partial charge on any atom is -0.310 e. The number of rotatable bonds is 4. The van der Waals surface area contributed by atoms with Crippen LogP contribution in [0.2, 0.25) is 0 Å². The summed E-state index contributed by atoms with van der Waals surface area (Å²) >= 11 is 1.95. The highest BCUT2D eigenvalue weighted by atomic mass is 32.1. The van der Waals surface area contributed by atoms with E-state index in [0.29, 0.717) is 6.04 Å². The molecule has 1 atom stereocenters. The van der Waals surface area contributed by atoms with Crippen molar-refractivity contribution in [3.63, 3.8) is 0 Å². The van der Waals surface area contributed by atoms with Crippen LogP contribution in [0.3, 0.4) is 0 Å². The molecule has 1 fully saturated rings. The highest BCUT2D eigenvalue weighted by molar-refractivity contribution is 7.12. The minimum absolute atomic E-state index is 0.602. The van der Waals surface area contributed by atoms with Gasteiger partial charge in [-0.25, -0.2) is 0 Å². The van der Waals surface area contributed by atoms with Crippen LogP contribution in [-0.2, 0) is 0 Å². The van der Waals surface area contributed by atoms with Gasteiger partial charge in [0.1, 0.15) is 0 Å². The summed E-state index contributed by atoms with van der Waals surface area (Å²) in [5.74, 6) is 0.858. The second kappa shape index (κ2) is 6.01. The molecular formula is C15H25NS. The second-order valence-electron chi connectivity index (χ2n) is 5.30. The van der Waals surface area contributed by atoms with E-state index in [9.17, 15) is 0 Å². The Labute approximate surface area is 110 Å². The van der Waals surface area contributed by atoms with Crippen LogP contribution in [0, 0.1) is 19.8 Å². The van der Waals surface area contributed by atoms with Gasteiger partial charge in [-0.3, -0.25) is 0 Å². The van der Waals surface area contributed by atoms with Gasteiger partial charge in [0.15, 0.2) is 0 Å². The minimum atomic E-state index is 0.602. The maximum Gasteiger partial charge on any atom is 0.0359 e. The van der Waals surface area contributed by atoms with E-state index >= 15 is 0 Å². The lowest BCUT2D eigenvalue weighted by Gasteiger charge is -2.31. The molecule has 1 aromatic rings. The fraction of sp³-hybridized carbons (Fsp3) is 0.733. The number of hydrogen-bond acceptors (Lipinski definition) is 2. The fourth-order valence-corrected chi connectivity index (χ4v) is 4.15. The average Bonchev–Trinajstić information content (AvgIpc) is 2.66. The standard InChI is InChI=1S/C15H25NS/c1-4-16-15(13-8-6-5-7-9-13)14-10-11(2)17-12(14)3/h10,13,15-16H,4-9H2,1-3H3. The third-order valence-electron chi connectivity index (χ3n) is 3.96. The quantitative estimate of drug-likeness (QED) is 0.825. The third kappa shape index (κ3) is 3.11. The molecule has 1 nitrogen and oxygen atoms in total. The normalized spacial score (nSPS) is 19.5. The van der Waals surface area contributed by atoms with Crippen LogP contribution in [0.15, 0.2) is 6.07 Å². The Morgan fingerprint density at radius 3 is 2.53 bits per heavy atom. The molecule has 1 aliphatic carbocycles. The first kappa shape index (κ1) is 13.1. The summed E-state index contributed by atoms with van der Waals surface area (Å²) in [5.41, 5.74) is 1.57. The van der Waals surface area contributed by atoms with Crippen LogP contribution in [-0.4, -0.2) is 6.54 Å². The lowest BCUT2D eigenvalue weighted by Crippen LogP contribution is -2.29. The van der Waals surface area contributed by atoms with E-state index in [-0.39, 0.29) is 0 Å². The van der Waals surface area contributed by atoms with Gasteiger partial charge in [-0.05, 0) is 50.8 Å². The van der Waals surface area contributed by atoms with Crippen LogP contribution in [0.25, 0.3) is 0 Å². The van der Waals surface area contributed by atoms with Gasteiger partial charge in [-0.15, -0.1) is 11.3 Å². The molecule has 1 unspecified atom stereocenters. The number of nitrogens with one attached hydrogen (secondary N) is 1. The molecule has 0 radical (unpaired) electrons. The van der Waals surface area contributed by atoms with Gasteiger partial charge in [0.05, 0.1) is 0 Å². The molecular weight excluding hydrogens is 226 g/mol. The van der Waals surface area contributed by atoms with E-state index in [1.54, 1.807) is 5.56 Å². The number of hydrogen-bond donors (Lipinski definition) is 1. The van der Waals surface area contributed by atoms with E-state index in [4.69, 9.17) is 0 Å². The van der Waals surface area contributed by atoms with Gasteiger partial charge in [0.2, 0.25) is 0 Å². The van der Waals surface area contributed by atoms with E-state index in [1.165, 1.54) is 41.9 Å². The number of aryl methyl sites for hydroxylation is 2. The Kier molecular flexibility index (Phi) is 4.63. The largest absolute Gasteiger partial charge is 0.310 e. The molecule has 96 valence electrons. The smallest absolute Gasteiger partial charge is 0.0359 e. The predicted molar refractivity (Wildman–Crippen MR) is 76.8 cm³/mol. The second-order valence-corrected chi connectivity index (χ2v) is 6.76. The molecule has 2 rings (SSSR count). The van der Waals surface area contributed by atoms with Gasteiger partial charge in [0.25, 0.3) is 0 Å². The lowest BCUT2D eigenvalue weighted by molar-refractivity contribution is 0.274. The van der Waals surface area contributed by atoms with Crippen LogP contribution >= 0.6 is 11.3 Å². The summed E-state index contributed by atoms with van der Waals surface area (Å²) in [6, 6.07) is 3.01. The Morgan fingerprint density at radius 1 is 1.29 bits per heavy atom. The van der Waals surface area contributed by atoms with Crippen LogP contribution < -0.4 is 5.32 Å². The van der Waals surface area contributed by atoms with Crippen molar-refractivity contribution in [2.24, 2.45) is 5.92 Å². The van der Waals surface area contributed by atoms with Crippen LogP contribution in [0.5, 0.6) is 0 Å². The van der Waals surface area contributed by atoms with Crippen molar-refractivity contribution >= 4 is 11.3 Å². The van der Waals surface area contributed by atoms with Crippen molar-refractivity contribution in [1.82, 2.24) is 5.32 Å². The van der Waals surface area contributed by atoms with E-state index < -0.39 is 0 Å². The van der Waals surface area contributed by atoms with Crippen LogP contribution in [0.1, 0.15) is 60.4 Å². The molecule has 1 heterocycles. The molecule has 2 heteroatoms. The fourth-order valence-electron chi connectivity index (χ4n) is 3.18. The van der Waals surface area contributed by atoms with Crippen molar-refractivity contribution in [3.8, 4) is 0 Å². The molecule has 17 heavy (non-hydrogen) atoms. The predicted octanol–water partition coefficient (Wildman–Crippen LogP) is 4.60. The monoisotopic (exact) mass is 251 g/mol. The van der Waals surface area contributed by atoms with E-state index in [1.807, 2.05) is 11.3 Å². The summed E-state index contributed by atoms with van der Waals surface area (Å²) in [4.78, 5) is 2.97. The summed E-state index contributed by atoms with van der Waals surface area (Å²) in [6.07, 6.45) is 7.11. The summed E-state index contributed by atoms with van der Waals surface area (Å²) < 4.78 is 0. The van der Waals surface area contributed by atoms with Crippen molar-refractivity contribution in [2.75, 3.05) is 6.54 Å². The zero-order valence-corrected chi connectivity index (χ0v) is 12.2. The zero-order valence-electron chi connectivity index (χ0n) is 11.4. The molecule has 0 bridgehead atoms. The molecule has 0 spiro atoms.